The minimum Gasteiger partial charge on any atom is -0.335 e. The van der Waals surface area contributed by atoms with Crippen molar-refractivity contribution in [1.82, 2.24) is 10.6 Å². The van der Waals surface area contributed by atoms with Gasteiger partial charge in [0.25, 0.3) is 0 Å². The molecule has 1 aliphatic rings. The fourth-order valence-corrected chi connectivity index (χ4v) is 2.07. The highest BCUT2D eigenvalue weighted by Gasteiger charge is 2.17. The minimum atomic E-state index is -0.117. The fraction of sp³-hybridized carbons (Fsp3) is 0.833. The van der Waals surface area contributed by atoms with Crippen LogP contribution in [0.15, 0.2) is 0 Å². The summed E-state index contributed by atoms with van der Waals surface area (Å²) in [7, 11) is 0. The molecule has 4 heteroatoms. The smallest absolute Gasteiger partial charge is 0.315 e. The first-order chi connectivity index (χ1) is 7.76. The van der Waals surface area contributed by atoms with Crippen molar-refractivity contribution in [3.05, 3.63) is 0 Å². The normalized spacial score (nSPS) is 18.5. The van der Waals surface area contributed by atoms with E-state index < -0.39 is 0 Å². The van der Waals surface area contributed by atoms with E-state index in [1.54, 1.807) is 0 Å². The lowest BCUT2D eigenvalue weighted by Gasteiger charge is -2.24. The molecule has 0 spiro atoms. The van der Waals surface area contributed by atoms with E-state index in [9.17, 15) is 4.79 Å². The summed E-state index contributed by atoms with van der Waals surface area (Å²) in [6, 6.07) is 2.28. The van der Waals surface area contributed by atoms with Crippen molar-refractivity contribution in [1.29, 1.82) is 5.26 Å². The number of rotatable bonds is 4. The van der Waals surface area contributed by atoms with Gasteiger partial charge in [0.1, 0.15) is 0 Å². The molecule has 0 radical (unpaired) electrons. The van der Waals surface area contributed by atoms with Crippen molar-refractivity contribution >= 4 is 6.03 Å². The highest BCUT2D eigenvalue weighted by Crippen LogP contribution is 2.17. The predicted octanol–water partition coefficient (Wildman–Crippen LogP) is 2.31. The van der Waals surface area contributed by atoms with Gasteiger partial charge in [0.2, 0.25) is 0 Å². The Bertz CT molecular complexity index is 253. The first-order valence-corrected chi connectivity index (χ1v) is 6.20. The first-order valence-electron chi connectivity index (χ1n) is 6.20. The molecule has 0 aliphatic heterocycles. The molecule has 2 N–H and O–H groups in total. The highest BCUT2D eigenvalue weighted by molar-refractivity contribution is 5.74. The number of hydrogen-bond acceptors (Lipinski definition) is 2. The summed E-state index contributed by atoms with van der Waals surface area (Å²) in [5.41, 5.74) is 0. The molecule has 0 aromatic heterocycles. The third kappa shape index (κ3) is 4.52. The summed E-state index contributed by atoms with van der Waals surface area (Å²) in [5.74, 6) is 0. The largest absolute Gasteiger partial charge is 0.335 e. The van der Waals surface area contributed by atoms with Gasteiger partial charge in [-0.1, -0.05) is 26.2 Å². The van der Waals surface area contributed by atoms with Gasteiger partial charge in [-0.3, -0.25) is 0 Å². The van der Waals surface area contributed by atoms with Crippen LogP contribution in [0.3, 0.4) is 0 Å². The quantitative estimate of drug-likeness (QED) is 0.768. The van der Waals surface area contributed by atoms with E-state index >= 15 is 0 Å². The Morgan fingerprint density at radius 1 is 1.44 bits per heavy atom. The molecule has 1 saturated carbocycles. The summed E-state index contributed by atoms with van der Waals surface area (Å²) in [5, 5.41) is 14.4. The molecule has 1 aliphatic carbocycles. The van der Waals surface area contributed by atoms with E-state index in [1.807, 2.05) is 6.92 Å². The molecule has 16 heavy (non-hydrogen) atoms. The molecule has 4 nitrogen and oxygen atoms in total. The SMILES string of the molecule is CC[C@H](CC#N)NC(=O)NC1CCCCC1. The van der Waals surface area contributed by atoms with Crippen LogP contribution in [-0.2, 0) is 0 Å². The van der Waals surface area contributed by atoms with Gasteiger partial charge in [0.05, 0.1) is 12.5 Å². The average Bonchev–Trinajstić information content (AvgIpc) is 2.29. The fourth-order valence-electron chi connectivity index (χ4n) is 2.07. The van der Waals surface area contributed by atoms with Crippen LogP contribution >= 0.6 is 0 Å². The van der Waals surface area contributed by atoms with Crippen molar-refractivity contribution in [2.45, 2.75) is 64.0 Å². The van der Waals surface area contributed by atoms with E-state index in [2.05, 4.69) is 16.7 Å². The van der Waals surface area contributed by atoms with E-state index in [0.29, 0.717) is 12.5 Å². The number of nitriles is 1. The van der Waals surface area contributed by atoms with Gasteiger partial charge in [-0.2, -0.15) is 5.26 Å². The van der Waals surface area contributed by atoms with Crippen LogP contribution in [0.5, 0.6) is 0 Å². The number of carbonyl (C=O) groups excluding carboxylic acids is 1. The van der Waals surface area contributed by atoms with E-state index in [4.69, 9.17) is 5.26 Å². The molecular formula is C12H21N3O. The maximum atomic E-state index is 11.6. The molecule has 0 saturated heterocycles. The maximum absolute atomic E-state index is 11.6. The lowest BCUT2D eigenvalue weighted by atomic mass is 9.96. The maximum Gasteiger partial charge on any atom is 0.315 e. The molecule has 0 heterocycles. The topological polar surface area (TPSA) is 64.9 Å². The van der Waals surface area contributed by atoms with Crippen LogP contribution in [0.1, 0.15) is 51.9 Å². The molecular weight excluding hydrogens is 202 g/mol. The van der Waals surface area contributed by atoms with Gasteiger partial charge >= 0.3 is 6.03 Å². The van der Waals surface area contributed by atoms with Gasteiger partial charge in [-0.05, 0) is 19.3 Å². The van der Waals surface area contributed by atoms with Gasteiger partial charge < -0.3 is 10.6 Å². The predicted molar refractivity (Wildman–Crippen MR) is 62.8 cm³/mol. The minimum absolute atomic E-state index is 0.0198. The third-order valence-electron chi connectivity index (χ3n) is 3.11. The molecule has 90 valence electrons. The van der Waals surface area contributed by atoms with Gasteiger partial charge in [-0.25, -0.2) is 4.79 Å². The Kier molecular flexibility index (Phi) is 5.69. The van der Waals surface area contributed by atoms with Crippen molar-refractivity contribution in [3.63, 3.8) is 0 Å². The molecule has 2 amide bonds. The molecule has 0 aromatic carbocycles. The Hall–Kier alpha value is -1.24. The molecule has 0 aromatic rings. The van der Waals surface area contributed by atoms with Crippen molar-refractivity contribution in [3.8, 4) is 6.07 Å². The van der Waals surface area contributed by atoms with Crippen molar-refractivity contribution in [2.24, 2.45) is 0 Å². The second-order valence-electron chi connectivity index (χ2n) is 4.42. The lowest BCUT2D eigenvalue weighted by Crippen LogP contribution is -2.46. The number of hydrogen-bond donors (Lipinski definition) is 2. The number of carbonyl (C=O) groups is 1. The second kappa shape index (κ2) is 7.10. The van der Waals surface area contributed by atoms with E-state index in [1.165, 1.54) is 19.3 Å². The number of nitrogens with zero attached hydrogens (tertiary/aromatic N) is 1. The summed E-state index contributed by atoms with van der Waals surface area (Å²) >= 11 is 0. The van der Waals surface area contributed by atoms with Crippen LogP contribution in [0, 0.1) is 11.3 Å². The number of amides is 2. The Morgan fingerprint density at radius 3 is 2.69 bits per heavy atom. The van der Waals surface area contributed by atoms with Crippen molar-refractivity contribution in [2.75, 3.05) is 0 Å². The van der Waals surface area contributed by atoms with E-state index in [-0.39, 0.29) is 12.1 Å². The standard InChI is InChI=1S/C12H21N3O/c1-2-10(8-9-13)14-12(16)15-11-6-4-3-5-7-11/h10-11H,2-8H2,1H3,(H2,14,15,16)/t10-/m1/s1. The Morgan fingerprint density at radius 2 is 2.12 bits per heavy atom. The van der Waals surface area contributed by atoms with E-state index in [0.717, 1.165) is 19.3 Å². The molecule has 1 rings (SSSR count). The molecule has 1 fully saturated rings. The third-order valence-corrected chi connectivity index (χ3v) is 3.11. The van der Waals surface area contributed by atoms with Crippen LogP contribution in [0.2, 0.25) is 0 Å². The van der Waals surface area contributed by atoms with Crippen LogP contribution in [0.25, 0.3) is 0 Å². The summed E-state index contributed by atoms with van der Waals surface area (Å²) in [4.78, 5) is 11.6. The van der Waals surface area contributed by atoms with Crippen LogP contribution in [-0.4, -0.2) is 18.1 Å². The zero-order chi connectivity index (χ0) is 11.8. The summed E-state index contributed by atoms with van der Waals surface area (Å²) < 4.78 is 0. The van der Waals surface area contributed by atoms with Gasteiger partial charge in [0, 0.05) is 12.1 Å². The Labute approximate surface area is 97.4 Å². The first kappa shape index (κ1) is 12.8. The van der Waals surface area contributed by atoms with Gasteiger partial charge in [0.15, 0.2) is 0 Å². The van der Waals surface area contributed by atoms with Crippen LogP contribution < -0.4 is 10.6 Å². The second-order valence-corrected chi connectivity index (χ2v) is 4.42. The zero-order valence-corrected chi connectivity index (χ0v) is 9.96. The molecule has 1 atom stereocenters. The Balaban J connectivity index is 2.25. The zero-order valence-electron chi connectivity index (χ0n) is 9.96. The summed E-state index contributed by atoms with van der Waals surface area (Å²) in [6.45, 7) is 1.98. The highest BCUT2D eigenvalue weighted by atomic mass is 16.2. The molecule has 0 unspecified atom stereocenters. The lowest BCUT2D eigenvalue weighted by molar-refractivity contribution is 0.228. The van der Waals surface area contributed by atoms with Crippen LogP contribution in [0.4, 0.5) is 4.79 Å². The van der Waals surface area contributed by atoms with Crippen molar-refractivity contribution < 1.29 is 4.79 Å². The number of urea groups is 1. The monoisotopic (exact) mass is 223 g/mol. The summed E-state index contributed by atoms with van der Waals surface area (Å²) in [6.07, 6.45) is 7.05. The number of nitrogens with one attached hydrogen (secondary N) is 2. The van der Waals surface area contributed by atoms with Gasteiger partial charge in [-0.15, -0.1) is 0 Å². The molecule has 0 bridgehead atoms. The average molecular weight is 223 g/mol.